The summed E-state index contributed by atoms with van der Waals surface area (Å²) in [4.78, 5) is 11.7. The van der Waals surface area contributed by atoms with Crippen LogP contribution in [0.2, 0.25) is 0 Å². The van der Waals surface area contributed by atoms with Crippen LogP contribution in [0.4, 0.5) is 4.79 Å². The van der Waals surface area contributed by atoms with Gasteiger partial charge in [-0.1, -0.05) is 0 Å². The maximum absolute atomic E-state index is 10.4. The van der Waals surface area contributed by atoms with Gasteiger partial charge in [-0.15, -0.1) is 0 Å². The number of aliphatic hydroxyl groups excluding tert-OH is 2. The van der Waals surface area contributed by atoms with E-state index in [2.05, 4.69) is 0 Å². The Hall–Kier alpha value is -0.810. The molecule has 5 heteroatoms. The Labute approximate surface area is 70.2 Å². The normalized spacial score (nSPS) is 25.8. The molecule has 0 saturated carbocycles. The average molecular weight is 175 g/mol. The quantitative estimate of drug-likeness (QED) is 0.520. The van der Waals surface area contributed by atoms with Crippen molar-refractivity contribution < 1.29 is 20.1 Å². The van der Waals surface area contributed by atoms with Crippen molar-refractivity contribution in [2.24, 2.45) is 5.92 Å². The van der Waals surface area contributed by atoms with Crippen molar-refractivity contribution in [2.75, 3.05) is 19.7 Å². The molecule has 0 spiro atoms. The lowest BCUT2D eigenvalue weighted by Gasteiger charge is -2.15. The van der Waals surface area contributed by atoms with Crippen LogP contribution < -0.4 is 0 Å². The van der Waals surface area contributed by atoms with Crippen LogP contribution in [0, 0.1) is 5.92 Å². The van der Waals surface area contributed by atoms with Crippen LogP contribution in [0.1, 0.15) is 6.42 Å². The molecule has 1 heterocycles. The highest BCUT2D eigenvalue weighted by Gasteiger charge is 2.30. The second-order valence-corrected chi connectivity index (χ2v) is 3.03. The molecule has 1 amide bonds. The third-order valence-electron chi connectivity index (χ3n) is 2.23. The number of aliphatic hydroxyl groups is 2. The van der Waals surface area contributed by atoms with Crippen LogP contribution in [0.25, 0.3) is 0 Å². The van der Waals surface area contributed by atoms with Gasteiger partial charge in [0.25, 0.3) is 0 Å². The van der Waals surface area contributed by atoms with Crippen molar-refractivity contribution >= 4 is 6.09 Å². The minimum Gasteiger partial charge on any atom is -0.465 e. The molecule has 2 unspecified atom stereocenters. The molecule has 70 valence electrons. The van der Waals surface area contributed by atoms with Gasteiger partial charge in [0.05, 0.1) is 12.7 Å². The third-order valence-corrected chi connectivity index (χ3v) is 2.23. The predicted octanol–water partition coefficient (Wildman–Crippen LogP) is -0.660. The molecular weight excluding hydrogens is 162 g/mol. The zero-order chi connectivity index (χ0) is 9.14. The number of rotatable bonds is 2. The lowest BCUT2D eigenvalue weighted by atomic mass is 10.0. The van der Waals surface area contributed by atoms with Crippen molar-refractivity contribution in [1.29, 1.82) is 0 Å². The van der Waals surface area contributed by atoms with E-state index in [1.807, 2.05) is 0 Å². The number of hydrogen-bond acceptors (Lipinski definition) is 3. The average Bonchev–Trinajstić information content (AvgIpc) is 2.51. The summed E-state index contributed by atoms with van der Waals surface area (Å²) in [5.74, 6) is -0.105. The first-order chi connectivity index (χ1) is 5.65. The largest absolute Gasteiger partial charge is 0.465 e. The van der Waals surface area contributed by atoms with E-state index in [1.165, 1.54) is 4.90 Å². The molecule has 12 heavy (non-hydrogen) atoms. The molecule has 1 saturated heterocycles. The van der Waals surface area contributed by atoms with Gasteiger partial charge in [-0.2, -0.15) is 0 Å². The zero-order valence-corrected chi connectivity index (χ0v) is 6.68. The Balaban J connectivity index is 2.40. The predicted molar refractivity (Wildman–Crippen MR) is 40.8 cm³/mol. The Bertz CT molecular complexity index is 173. The number of hydrogen-bond donors (Lipinski definition) is 3. The molecule has 0 aliphatic carbocycles. The van der Waals surface area contributed by atoms with Gasteiger partial charge in [0.1, 0.15) is 0 Å². The standard InChI is InChI=1S/C7H13NO4/c9-4-6(10)5-1-2-8(3-5)7(11)12/h5-6,9-10H,1-4H2,(H,11,12). The van der Waals surface area contributed by atoms with E-state index in [0.29, 0.717) is 19.5 Å². The minimum atomic E-state index is -0.956. The maximum atomic E-state index is 10.4. The molecule has 2 atom stereocenters. The molecule has 3 N–H and O–H groups in total. The number of carbonyl (C=O) groups is 1. The molecule has 1 aliphatic rings. The second kappa shape index (κ2) is 3.73. The molecule has 0 radical (unpaired) electrons. The van der Waals surface area contributed by atoms with Crippen molar-refractivity contribution in [1.82, 2.24) is 4.90 Å². The smallest absolute Gasteiger partial charge is 0.407 e. The minimum absolute atomic E-state index is 0.105. The first kappa shape index (κ1) is 9.28. The van der Waals surface area contributed by atoms with Gasteiger partial charge in [-0.05, 0) is 6.42 Å². The summed E-state index contributed by atoms with van der Waals surface area (Å²) in [7, 11) is 0. The van der Waals surface area contributed by atoms with Gasteiger partial charge in [0.15, 0.2) is 0 Å². The summed E-state index contributed by atoms with van der Waals surface area (Å²) in [6.07, 6.45) is -1.11. The lowest BCUT2D eigenvalue weighted by Crippen LogP contribution is -2.30. The van der Waals surface area contributed by atoms with Crippen LogP contribution in [0.15, 0.2) is 0 Å². The molecule has 1 fully saturated rings. The van der Waals surface area contributed by atoms with E-state index in [4.69, 9.17) is 10.2 Å². The Morgan fingerprint density at radius 1 is 1.67 bits per heavy atom. The summed E-state index contributed by atoms with van der Waals surface area (Å²) in [5, 5.41) is 26.4. The fourth-order valence-electron chi connectivity index (χ4n) is 1.42. The molecule has 1 aliphatic heterocycles. The Morgan fingerprint density at radius 3 is 2.75 bits per heavy atom. The molecular formula is C7H13NO4. The molecule has 0 aromatic heterocycles. The van der Waals surface area contributed by atoms with Crippen LogP contribution in [0.3, 0.4) is 0 Å². The highest BCUT2D eigenvalue weighted by Crippen LogP contribution is 2.19. The van der Waals surface area contributed by atoms with Gasteiger partial charge in [0, 0.05) is 19.0 Å². The highest BCUT2D eigenvalue weighted by molar-refractivity contribution is 5.65. The van der Waals surface area contributed by atoms with Crippen molar-refractivity contribution in [2.45, 2.75) is 12.5 Å². The number of amides is 1. The topological polar surface area (TPSA) is 81.0 Å². The summed E-state index contributed by atoms with van der Waals surface area (Å²) >= 11 is 0. The van der Waals surface area contributed by atoms with E-state index in [0.717, 1.165) is 0 Å². The molecule has 0 aromatic rings. The summed E-state index contributed by atoms with van der Waals surface area (Å²) in [6, 6.07) is 0. The number of nitrogens with zero attached hydrogens (tertiary/aromatic N) is 1. The van der Waals surface area contributed by atoms with Crippen molar-refractivity contribution in [3.05, 3.63) is 0 Å². The van der Waals surface area contributed by atoms with E-state index in [-0.39, 0.29) is 12.5 Å². The monoisotopic (exact) mass is 175 g/mol. The second-order valence-electron chi connectivity index (χ2n) is 3.03. The van der Waals surface area contributed by atoms with Crippen molar-refractivity contribution in [3.63, 3.8) is 0 Å². The zero-order valence-electron chi connectivity index (χ0n) is 6.68. The van der Waals surface area contributed by atoms with Crippen LogP contribution in [-0.4, -0.2) is 52.1 Å². The lowest BCUT2D eigenvalue weighted by molar-refractivity contribution is 0.0499. The van der Waals surface area contributed by atoms with E-state index in [9.17, 15) is 9.90 Å². The Morgan fingerprint density at radius 2 is 2.33 bits per heavy atom. The maximum Gasteiger partial charge on any atom is 0.407 e. The summed E-state index contributed by atoms with van der Waals surface area (Å²) in [5.41, 5.74) is 0. The first-order valence-electron chi connectivity index (χ1n) is 3.92. The van der Waals surface area contributed by atoms with Gasteiger partial charge in [-0.25, -0.2) is 4.79 Å². The molecule has 1 rings (SSSR count). The number of likely N-dealkylation sites (tertiary alicyclic amines) is 1. The Kier molecular flexibility index (Phi) is 2.88. The van der Waals surface area contributed by atoms with Crippen LogP contribution in [-0.2, 0) is 0 Å². The van der Waals surface area contributed by atoms with Gasteiger partial charge in [-0.3, -0.25) is 0 Å². The molecule has 5 nitrogen and oxygen atoms in total. The van der Waals surface area contributed by atoms with Crippen molar-refractivity contribution in [3.8, 4) is 0 Å². The summed E-state index contributed by atoms with van der Waals surface area (Å²) in [6.45, 7) is 0.492. The fraction of sp³-hybridized carbons (Fsp3) is 0.857. The van der Waals surface area contributed by atoms with E-state index in [1.54, 1.807) is 0 Å². The highest BCUT2D eigenvalue weighted by atomic mass is 16.4. The van der Waals surface area contributed by atoms with Crippen LogP contribution >= 0.6 is 0 Å². The SMILES string of the molecule is O=C(O)N1CCC(C(O)CO)C1. The van der Waals surface area contributed by atoms with Crippen LogP contribution in [0.5, 0.6) is 0 Å². The fourth-order valence-corrected chi connectivity index (χ4v) is 1.42. The van der Waals surface area contributed by atoms with E-state index >= 15 is 0 Å². The molecule has 0 aromatic carbocycles. The van der Waals surface area contributed by atoms with Gasteiger partial charge in [0.2, 0.25) is 0 Å². The van der Waals surface area contributed by atoms with E-state index < -0.39 is 12.2 Å². The van der Waals surface area contributed by atoms with Gasteiger partial charge < -0.3 is 20.2 Å². The molecule has 0 bridgehead atoms. The van der Waals surface area contributed by atoms with Gasteiger partial charge >= 0.3 is 6.09 Å². The summed E-state index contributed by atoms with van der Waals surface area (Å²) < 4.78 is 0. The third kappa shape index (κ3) is 1.86. The number of carboxylic acid groups (broad SMARTS) is 1. The first-order valence-corrected chi connectivity index (χ1v) is 3.92.